The minimum absolute atomic E-state index is 0.132. The van der Waals surface area contributed by atoms with Gasteiger partial charge in [0, 0.05) is 20.0 Å². The monoisotopic (exact) mass is 166 g/mol. The molecule has 0 spiro atoms. The van der Waals surface area contributed by atoms with E-state index in [1.54, 1.807) is 7.05 Å². The highest BCUT2D eigenvalue weighted by Crippen LogP contribution is 1.88. The highest BCUT2D eigenvalue weighted by atomic mass is 16.2. The molecule has 0 fully saturated rings. The van der Waals surface area contributed by atoms with Crippen LogP contribution in [0.5, 0.6) is 0 Å². The Bertz CT molecular complexity index is 343. The first-order chi connectivity index (χ1) is 5.75. The SMILES string of the molecule is Cn1cnn(CCCC#N)c1=O. The van der Waals surface area contributed by atoms with Gasteiger partial charge in [0.05, 0.1) is 6.07 Å². The number of nitriles is 1. The van der Waals surface area contributed by atoms with Gasteiger partial charge in [0.15, 0.2) is 0 Å². The van der Waals surface area contributed by atoms with Gasteiger partial charge in [0.25, 0.3) is 0 Å². The van der Waals surface area contributed by atoms with E-state index >= 15 is 0 Å². The molecular formula is C7H10N4O. The number of hydrogen-bond acceptors (Lipinski definition) is 3. The van der Waals surface area contributed by atoms with Crippen molar-refractivity contribution in [3.63, 3.8) is 0 Å². The smallest absolute Gasteiger partial charge is 0.285 e. The summed E-state index contributed by atoms with van der Waals surface area (Å²) in [6, 6.07) is 2.01. The van der Waals surface area contributed by atoms with Gasteiger partial charge in [0.2, 0.25) is 0 Å². The van der Waals surface area contributed by atoms with Gasteiger partial charge in [-0.2, -0.15) is 10.4 Å². The number of aryl methyl sites for hydroxylation is 2. The van der Waals surface area contributed by atoms with Crippen molar-refractivity contribution in [2.75, 3.05) is 0 Å². The van der Waals surface area contributed by atoms with Gasteiger partial charge in [-0.1, -0.05) is 0 Å². The molecule has 12 heavy (non-hydrogen) atoms. The maximum Gasteiger partial charge on any atom is 0.345 e. The Balaban J connectivity index is 2.59. The van der Waals surface area contributed by atoms with E-state index in [2.05, 4.69) is 5.10 Å². The van der Waals surface area contributed by atoms with Crippen molar-refractivity contribution in [2.45, 2.75) is 19.4 Å². The zero-order chi connectivity index (χ0) is 8.97. The van der Waals surface area contributed by atoms with Crippen LogP contribution in [-0.2, 0) is 13.6 Å². The first-order valence-corrected chi connectivity index (χ1v) is 3.71. The molecule has 1 heterocycles. The molecule has 5 nitrogen and oxygen atoms in total. The number of aromatic nitrogens is 3. The Morgan fingerprint density at radius 3 is 3.00 bits per heavy atom. The summed E-state index contributed by atoms with van der Waals surface area (Å²) >= 11 is 0. The zero-order valence-electron chi connectivity index (χ0n) is 6.90. The number of nitrogens with zero attached hydrogens (tertiary/aromatic N) is 4. The number of unbranched alkanes of at least 4 members (excludes halogenated alkanes) is 1. The van der Waals surface area contributed by atoms with Crippen LogP contribution in [0, 0.1) is 11.3 Å². The second-order valence-electron chi connectivity index (χ2n) is 2.51. The molecule has 1 aromatic rings. The molecule has 0 saturated carbocycles. The van der Waals surface area contributed by atoms with E-state index in [1.807, 2.05) is 6.07 Å². The van der Waals surface area contributed by atoms with E-state index in [-0.39, 0.29) is 5.69 Å². The molecule has 0 atom stereocenters. The summed E-state index contributed by atoms with van der Waals surface area (Å²) in [6.07, 6.45) is 2.60. The maximum atomic E-state index is 11.1. The lowest BCUT2D eigenvalue weighted by Crippen LogP contribution is -2.22. The highest BCUT2D eigenvalue weighted by Gasteiger charge is 1.99. The lowest BCUT2D eigenvalue weighted by atomic mass is 10.3. The fourth-order valence-corrected chi connectivity index (χ4v) is 0.882. The predicted molar refractivity (Wildman–Crippen MR) is 42.3 cm³/mol. The average molecular weight is 166 g/mol. The molecule has 64 valence electrons. The third-order valence-electron chi connectivity index (χ3n) is 1.55. The summed E-state index contributed by atoms with van der Waals surface area (Å²) in [6.45, 7) is 0.521. The topological polar surface area (TPSA) is 63.6 Å². The highest BCUT2D eigenvalue weighted by molar-refractivity contribution is 4.70. The minimum atomic E-state index is -0.132. The van der Waals surface area contributed by atoms with Gasteiger partial charge in [0.1, 0.15) is 6.33 Å². The quantitative estimate of drug-likeness (QED) is 0.588. The van der Waals surface area contributed by atoms with E-state index in [4.69, 9.17) is 5.26 Å². The molecule has 0 aliphatic carbocycles. The zero-order valence-corrected chi connectivity index (χ0v) is 6.90. The second kappa shape index (κ2) is 3.72. The van der Waals surface area contributed by atoms with E-state index in [0.717, 1.165) is 0 Å². The maximum absolute atomic E-state index is 11.1. The first-order valence-electron chi connectivity index (χ1n) is 3.71. The molecule has 0 bridgehead atoms. The summed E-state index contributed by atoms with van der Waals surface area (Å²) in [5.41, 5.74) is -0.132. The summed E-state index contributed by atoms with van der Waals surface area (Å²) in [5.74, 6) is 0. The Labute approximate surface area is 69.8 Å². The van der Waals surface area contributed by atoms with Gasteiger partial charge < -0.3 is 0 Å². The molecule has 0 aromatic carbocycles. The van der Waals surface area contributed by atoms with Crippen LogP contribution in [0.15, 0.2) is 11.1 Å². The second-order valence-corrected chi connectivity index (χ2v) is 2.51. The van der Waals surface area contributed by atoms with E-state index in [0.29, 0.717) is 19.4 Å². The fraction of sp³-hybridized carbons (Fsp3) is 0.571. The molecule has 1 aromatic heterocycles. The fourth-order valence-electron chi connectivity index (χ4n) is 0.882. The van der Waals surface area contributed by atoms with Crippen LogP contribution in [0.25, 0.3) is 0 Å². The summed E-state index contributed by atoms with van der Waals surface area (Å²) in [4.78, 5) is 11.1. The van der Waals surface area contributed by atoms with E-state index in [1.165, 1.54) is 15.6 Å². The molecular weight excluding hydrogens is 156 g/mol. The van der Waals surface area contributed by atoms with Gasteiger partial charge in [-0.25, -0.2) is 9.48 Å². The summed E-state index contributed by atoms with van der Waals surface area (Å²) in [5, 5.41) is 12.1. The number of rotatable bonds is 3. The Hall–Kier alpha value is -1.57. The van der Waals surface area contributed by atoms with Crippen LogP contribution in [-0.4, -0.2) is 14.3 Å². The van der Waals surface area contributed by atoms with Crippen LogP contribution in [0.1, 0.15) is 12.8 Å². The molecule has 1 rings (SSSR count). The lowest BCUT2D eigenvalue weighted by molar-refractivity contribution is 0.560. The summed E-state index contributed by atoms with van der Waals surface area (Å²) < 4.78 is 2.77. The van der Waals surface area contributed by atoms with Crippen molar-refractivity contribution in [3.05, 3.63) is 16.8 Å². The Morgan fingerprint density at radius 2 is 2.50 bits per heavy atom. The van der Waals surface area contributed by atoms with Crippen LogP contribution in [0.2, 0.25) is 0 Å². The molecule has 5 heteroatoms. The first kappa shape index (κ1) is 8.53. The van der Waals surface area contributed by atoms with Gasteiger partial charge in [-0.3, -0.25) is 4.57 Å². The average Bonchev–Trinajstić information content (AvgIpc) is 2.36. The third-order valence-corrected chi connectivity index (χ3v) is 1.55. The van der Waals surface area contributed by atoms with Crippen LogP contribution in [0.4, 0.5) is 0 Å². The van der Waals surface area contributed by atoms with Crippen molar-refractivity contribution in [3.8, 4) is 6.07 Å². The van der Waals surface area contributed by atoms with Crippen molar-refractivity contribution in [1.82, 2.24) is 14.3 Å². The molecule has 0 N–H and O–H groups in total. The van der Waals surface area contributed by atoms with Crippen molar-refractivity contribution < 1.29 is 0 Å². The third kappa shape index (κ3) is 1.72. The predicted octanol–water partition coefficient (Wildman–Crippen LogP) is -0.114. The normalized spacial score (nSPS) is 9.67. The van der Waals surface area contributed by atoms with Crippen LogP contribution < -0.4 is 5.69 Å². The standard InChI is InChI=1S/C7H10N4O/c1-10-6-9-11(7(10)12)5-3-2-4-8/h6H,2-3,5H2,1H3. The van der Waals surface area contributed by atoms with Crippen molar-refractivity contribution in [2.24, 2.45) is 7.05 Å². The Kier molecular flexibility index (Phi) is 2.64. The van der Waals surface area contributed by atoms with Crippen molar-refractivity contribution >= 4 is 0 Å². The van der Waals surface area contributed by atoms with Crippen LogP contribution in [0.3, 0.4) is 0 Å². The molecule has 0 aliphatic heterocycles. The van der Waals surface area contributed by atoms with Gasteiger partial charge in [-0.05, 0) is 6.42 Å². The van der Waals surface area contributed by atoms with E-state index in [9.17, 15) is 4.79 Å². The summed E-state index contributed by atoms with van der Waals surface area (Å²) in [7, 11) is 1.65. The minimum Gasteiger partial charge on any atom is -0.285 e. The molecule has 0 amide bonds. The van der Waals surface area contributed by atoms with Gasteiger partial charge in [-0.15, -0.1) is 0 Å². The van der Waals surface area contributed by atoms with E-state index < -0.39 is 0 Å². The van der Waals surface area contributed by atoms with Crippen LogP contribution >= 0.6 is 0 Å². The van der Waals surface area contributed by atoms with Gasteiger partial charge >= 0.3 is 5.69 Å². The largest absolute Gasteiger partial charge is 0.345 e. The Morgan fingerprint density at radius 1 is 1.75 bits per heavy atom. The van der Waals surface area contributed by atoms with Crippen molar-refractivity contribution in [1.29, 1.82) is 5.26 Å². The number of hydrogen-bond donors (Lipinski definition) is 0. The molecule has 0 aliphatic rings. The lowest BCUT2D eigenvalue weighted by Gasteiger charge is -1.93. The molecule has 0 radical (unpaired) electrons. The molecule has 0 saturated heterocycles. The molecule has 0 unspecified atom stereocenters.